The van der Waals surface area contributed by atoms with Crippen molar-refractivity contribution in [2.45, 2.75) is 0 Å². The standard InChI is InChI=1S/C6H10O.C3H4O2.Na/c1-3-5-7-6-4-2;1-2-3(4)5;/h3-4H,1-2,5-6H2;2H,1H2,(H,4,5);/q;;+1/p-1. The van der Waals surface area contributed by atoms with Crippen LogP contribution in [0.25, 0.3) is 0 Å². The van der Waals surface area contributed by atoms with E-state index in [4.69, 9.17) is 14.6 Å². The SMILES string of the molecule is C=CC(=O)[O-].C=CCOCC=C.[Na+]. The molecule has 4 heteroatoms. The number of carbonyl (C=O) groups excluding carboxylic acids is 1. The third kappa shape index (κ3) is 34.0. The second-order valence-electron chi connectivity index (χ2n) is 1.64. The van der Waals surface area contributed by atoms with Crippen molar-refractivity contribution >= 4 is 5.97 Å². The van der Waals surface area contributed by atoms with Crippen LogP contribution >= 0.6 is 0 Å². The van der Waals surface area contributed by atoms with E-state index in [1.54, 1.807) is 12.2 Å². The summed E-state index contributed by atoms with van der Waals surface area (Å²) in [4.78, 5) is 9.14. The van der Waals surface area contributed by atoms with Crippen molar-refractivity contribution < 1.29 is 44.2 Å². The van der Waals surface area contributed by atoms with Crippen molar-refractivity contribution in [1.29, 1.82) is 0 Å². The Morgan fingerprint density at radius 1 is 1.23 bits per heavy atom. The summed E-state index contributed by atoms with van der Waals surface area (Å²) in [5.74, 6) is -1.23. The van der Waals surface area contributed by atoms with Gasteiger partial charge in [-0.3, -0.25) is 0 Å². The molecule has 0 atom stereocenters. The van der Waals surface area contributed by atoms with Crippen LogP contribution in [0.3, 0.4) is 0 Å². The summed E-state index contributed by atoms with van der Waals surface area (Å²) >= 11 is 0. The Balaban J connectivity index is -0.000000150. The van der Waals surface area contributed by atoms with E-state index in [2.05, 4.69) is 19.7 Å². The molecule has 0 fully saturated rings. The number of hydrogen-bond acceptors (Lipinski definition) is 3. The van der Waals surface area contributed by atoms with Gasteiger partial charge in [0.05, 0.1) is 19.2 Å². The van der Waals surface area contributed by atoms with Gasteiger partial charge in [0, 0.05) is 0 Å². The zero-order valence-corrected chi connectivity index (χ0v) is 9.99. The summed E-state index contributed by atoms with van der Waals surface area (Å²) in [5.41, 5.74) is 0. The molecule has 0 radical (unpaired) electrons. The fraction of sp³-hybridized carbons (Fsp3) is 0.222. The van der Waals surface area contributed by atoms with Crippen LogP contribution in [-0.4, -0.2) is 19.2 Å². The second-order valence-corrected chi connectivity index (χ2v) is 1.64. The Bertz CT molecular complexity index is 147. The number of carboxylic acid groups (broad SMARTS) is 1. The minimum atomic E-state index is -1.23. The monoisotopic (exact) mass is 192 g/mol. The van der Waals surface area contributed by atoms with E-state index in [9.17, 15) is 0 Å². The van der Waals surface area contributed by atoms with Gasteiger partial charge in [-0.05, 0) is 6.08 Å². The van der Waals surface area contributed by atoms with Crippen molar-refractivity contribution in [2.24, 2.45) is 0 Å². The van der Waals surface area contributed by atoms with Crippen LogP contribution in [0.15, 0.2) is 38.0 Å². The van der Waals surface area contributed by atoms with E-state index in [0.29, 0.717) is 13.2 Å². The molecule has 0 aliphatic rings. The Hall–Kier alpha value is -0.350. The van der Waals surface area contributed by atoms with Gasteiger partial charge in [-0.1, -0.05) is 18.7 Å². The van der Waals surface area contributed by atoms with E-state index in [1.807, 2.05) is 0 Å². The summed E-state index contributed by atoms with van der Waals surface area (Å²) in [6.45, 7) is 11.1. The molecule has 0 aliphatic carbocycles. The minimum absolute atomic E-state index is 0. The first kappa shape index (κ1) is 18.4. The van der Waals surface area contributed by atoms with Gasteiger partial charge in [0.1, 0.15) is 0 Å². The normalized spacial score (nSPS) is 6.77. The third-order valence-corrected chi connectivity index (χ3v) is 0.638. The van der Waals surface area contributed by atoms with Gasteiger partial charge < -0.3 is 14.6 Å². The van der Waals surface area contributed by atoms with Crippen molar-refractivity contribution in [3.63, 3.8) is 0 Å². The summed E-state index contributed by atoms with van der Waals surface area (Å²) < 4.78 is 4.90. The average molecular weight is 192 g/mol. The maximum Gasteiger partial charge on any atom is 1.00 e. The maximum atomic E-state index is 9.14. The van der Waals surface area contributed by atoms with Crippen molar-refractivity contribution in [1.82, 2.24) is 0 Å². The van der Waals surface area contributed by atoms with Crippen LogP contribution in [0.5, 0.6) is 0 Å². The summed E-state index contributed by atoms with van der Waals surface area (Å²) in [6, 6.07) is 0. The Morgan fingerprint density at radius 2 is 1.54 bits per heavy atom. The summed E-state index contributed by atoms with van der Waals surface area (Å²) in [5, 5.41) is 9.14. The number of carbonyl (C=O) groups is 1. The third-order valence-electron chi connectivity index (χ3n) is 0.638. The molecule has 68 valence electrons. The number of rotatable bonds is 5. The van der Waals surface area contributed by atoms with Gasteiger partial charge >= 0.3 is 29.6 Å². The molecule has 0 N–H and O–H groups in total. The van der Waals surface area contributed by atoms with E-state index >= 15 is 0 Å². The number of carboxylic acids is 1. The molecular weight excluding hydrogens is 179 g/mol. The topological polar surface area (TPSA) is 49.4 Å². The average Bonchev–Trinajstić information content (AvgIpc) is 2.07. The molecule has 0 aromatic rings. The fourth-order valence-corrected chi connectivity index (χ4v) is 0.235. The molecule has 0 aliphatic heterocycles. The van der Waals surface area contributed by atoms with Gasteiger partial charge in [-0.25, -0.2) is 0 Å². The Kier molecular flexibility index (Phi) is 25.0. The van der Waals surface area contributed by atoms with Gasteiger partial charge in [0.25, 0.3) is 0 Å². The zero-order chi connectivity index (χ0) is 9.82. The quantitative estimate of drug-likeness (QED) is 0.206. The van der Waals surface area contributed by atoms with Crippen molar-refractivity contribution in [2.75, 3.05) is 13.2 Å². The first-order valence-corrected chi connectivity index (χ1v) is 3.32. The van der Waals surface area contributed by atoms with Crippen LogP contribution in [0.2, 0.25) is 0 Å². The van der Waals surface area contributed by atoms with E-state index in [-0.39, 0.29) is 29.6 Å². The molecular formula is C9H13NaO3. The molecule has 0 saturated carbocycles. The van der Waals surface area contributed by atoms with Gasteiger partial charge in [-0.2, -0.15) is 0 Å². The summed E-state index contributed by atoms with van der Waals surface area (Å²) in [6.07, 6.45) is 4.15. The van der Waals surface area contributed by atoms with Gasteiger partial charge in [0.15, 0.2) is 0 Å². The van der Waals surface area contributed by atoms with Crippen LogP contribution in [0, 0.1) is 0 Å². The number of ether oxygens (including phenoxy) is 1. The maximum absolute atomic E-state index is 9.14. The first-order valence-electron chi connectivity index (χ1n) is 3.32. The van der Waals surface area contributed by atoms with Crippen LogP contribution in [0.4, 0.5) is 0 Å². The molecule has 0 aromatic heterocycles. The van der Waals surface area contributed by atoms with Crippen LogP contribution in [0.1, 0.15) is 0 Å². The van der Waals surface area contributed by atoms with E-state index < -0.39 is 5.97 Å². The number of aliphatic carboxylic acids is 1. The molecule has 0 amide bonds. The molecule has 13 heavy (non-hydrogen) atoms. The number of hydrogen-bond donors (Lipinski definition) is 0. The van der Waals surface area contributed by atoms with E-state index in [1.165, 1.54) is 0 Å². The molecule has 0 rings (SSSR count). The van der Waals surface area contributed by atoms with Gasteiger partial charge in [0.2, 0.25) is 0 Å². The zero-order valence-electron chi connectivity index (χ0n) is 7.99. The largest absolute Gasteiger partial charge is 1.00 e. The second kappa shape index (κ2) is 17.7. The molecule has 0 saturated heterocycles. The van der Waals surface area contributed by atoms with Crippen molar-refractivity contribution in [3.8, 4) is 0 Å². The van der Waals surface area contributed by atoms with Gasteiger partial charge in [-0.15, -0.1) is 13.2 Å². The minimum Gasteiger partial charge on any atom is -0.545 e. The molecule has 0 heterocycles. The van der Waals surface area contributed by atoms with Crippen LogP contribution < -0.4 is 34.7 Å². The predicted octanol–water partition coefficient (Wildman–Crippen LogP) is -2.70. The molecule has 0 unspecified atom stereocenters. The molecule has 0 bridgehead atoms. The Labute approximate surface area is 101 Å². The Morgan fingerprint density at radius 3 is 1.69 bits per heavy atom. The summed E-state index contributed by atoms with van der Waals surface area (Å²) in [7, 11) is 0. The first-order chi connectivity index (χ1) is 5.68. The predicted molar refractivity (Wildman–Crippen MR) is 46.4 cm³/mol. The molecule has 0 aromatic carbocycles. The smallest absolute Gasteiger partial charge is 0.545 e. The fourth-order valence-electron chi connectivity index (χ4n) is 0.235. The molecule has 3 nitrogen and oxygen atoms in total. The van der Waals surface area contributed by atoms with Crippen molar-refractivity contribution in [3.05, 3.63) is 38.0 Å². The van der Waals surface area contributed by atoms with E-state index in [0.717, 1.165) is 6.08 Å². The molecule has 0 spiro atoms. The van der Waals surface area contributed by atoms with Crippen LogP contribution in [-0.2, 0) is 9.53 Å².